The van der Waals surface area contributed by atoms with Gasteiger partial charge in [0.25, 0.3) is 0 Å². The number of hydrogen-bond donors (Lipinski definition) is 2. The average Bonchev–Trinajstić information content (AvgIpc) is 2.93. The number of nitrogens with zero attached hydrogens (tertiary/aromatic N) is 1. The van der Waals surface area contributed by atoms with E-state index in [1.165, 1.54) is 0 Å². The normalized spacial score (nSPS) is 19.4. The van der Waals surface area contributed by atoms with Crippen LogP contribution in [0.4, 0.5) is 0 Å². The minimum absolute atomic E-state index is 0.0107. The summed E-state index contributed by atoms with van der Waals surface area (Å²) < 4.78 is 5.53. The third-order valence-electron chi connectivity index (χ3n) is 4.62. The first-order valence-corrected chi connectivity index (χ1v) is 8.65. The van der Waals surface area contributed by atoms with Crippen LogP contribution in [-0.2, 0) is 14.3 Å². The molecule has 0 aliphatic heterocycles. The molecule has 1 aliphatic rings. The van der Waals surface area contributed by atoms with E-state index in [-0.39, 0.29) is 24.3 Å². The van der Waals surface area contributed by atoms with Crippen molar-refractivity contribution in [1.29, 1.82) is 5.26 Å². The molecule has 1 amide bonds. The Morgan fingerprint density at radius 3 is 2.17 bits per heavy atom. The van der Waals surface area contributed by atoms with Crippen molar-refractivity contribution in [2.24, 2.45) is 5.92 Å². The first-order valence-electron chi connectivity index (χ1n) is 8.65. The molecule has 1 fully saturated rings. The Bertz CT molecular complexity index is 511. The fourth-order valence-electron chi connectivity index (χ4n) is 2.69. The second kappa shape index (κ2) is 7.52. The highest BCUT2D eigenvalue weighted by Crippen LogP contribution is 2.32. The van der Waals surface area contributed by atoms with Gasteiger partial charge < -0.3 is 10.1 Å². The van der Waals surface area contributed by atoms with Crippen LogP contribution in [0.2, 0.25) is 0 Å². The number of esters is 1. The van der Waals surface area contributed by atoms with E-state index >= 15 is 0 Å². The highest BCUT2D eigenvalue weighted by molar-refractivity contribution is 5.84. The van der Waals surface area contributed by atoms with Gasteiger partial charge in [-0.25, -0.2) is 0 Å². The van der Waals surface area contributed by atoms with Gasteiger partial charge in [-0.3, -0.25) is 14.9 Å². The van der Waals surface area contributed by atoms with Gasteiger partial charge in [0, 0.05) is 0 Å². The lowest BCUT2D eigenvalue weighted by atomic mass is 9.90. The Labute approximate surface area is 145 Å². The lowest BCUT2D eigenvalue weighted by molar-refractivity contribution is -0.163. The van der Waals surface area contributed by atoms with Crippen LogP contribution in [0.3, 0.4) is 0 Å². The van der Waals surface area contributed by atoms with Gasteiger partial charge in [-0.2, -0.15) is 5.26 Å². The van der Waals surface area contributed by atoms with E-state index in [1.807, 2.05) is 34.6 Å². The molecular weight excluding hydrogens is 306 g/mol. The summed E-state index contributed by atoms with van der Waals surface area (Å²) in [5.74, 6) is -0.604. The molecule has 1 aliphatic carbocycles. The molecule has 1 rings (SSSR count). The molecule has 24 heavy (non-hydrogen) atoms. The van der Waals surface area contributed by atoms with Crippen molar-refractivity contribution in [1.82, 2.24) is 10.6 Å². The summed E-state index contributed by atoms with van der Waals surface area (Å²) in [7, 11) is 0. The zero-order valence-corrected chi connectivity index (χ0v) is 15.8. The van der Waals surface area contributed by atoms with Crippen LogP contribution in [0.5, 0.6) is 0 Å². The minimum atomic E-state index is -0.923. The number of carbonyl (C=O) groups excluding carboxylic acids is 2. The van der Waals surface area contributed by atoms with E-state index in [9.17, 15) is 14.9 Å². The first kappa shape index (κ1) is 20.4. The quantitative estimate of drug-likeness (QED) is 0.726. The summed E-state index contributed by atoms with van der Waals surface area (Å²) in [5.41, 5.74) is -2.29. The predicted molar refractivity (Wildman–Crippen MR) is 92.0 cm³/mol. The van der Waals surface area contributed by atoms with Crippen LogP contribution < -0.4 is 10.6 Å². The molecule has 0 saturated heterocycles. The molecule has 2 N–H and O–H groups in total. The van der Waals surface area contributed by atoms with Crippen molar-refractivity contribution < 1.29 is 14.3 Å². The van der Waals surface area contributed by atoms with Crippen molar-refractivity contribution in [3.63, 3.8) is 0 Å². The molecule has 0 spiro atoms. The summed E-state index contributed by atoms with van der Waals surface area (Å²) >= 11 is 0. The zero-order chi connectivity index (χ0) is 18.6. The third-order valence-corrected chi connectivity index (χ3v) is 4.62. The summed E-state index contributed by atoms with van der Waals surface area (Å²) in [5, 5.41) is 15.2. The largest absolute Gasteiger partial charge is 0.459 e. The maximum absolute atomic E-state index is 12.6. The Morgan fingerprint density at radius 1 is 1.21 bits per heavy atom. The Hall–Kier alpha value is -1.61. The third kappa shape index (κ3) is 5.20. The molecule has 0 unspecified atom stereocenters. The van der Waals surface area contributed by atoms with Gasteiger partial charge in [0.2, 0.25) is 5.91 Å². The molecule has 0 radical (unpaired) electrons. The smallest absolute Gasteiger partial charge is 0.326 e. The first-order chi connectivity index (χ1) is 10.9. The number of rotatable bonds is 6. The van der Waals surface area contributed by atoms with Gasteiger partial charge in [0.05, 0.1) is 12.6 Å². The average molecular weight is 337 g/mol. The van der Waals surface area contributed by atoms with E-state index in [0.29, 0.717) is 12.8 Å². The van der Waals surface area contributed by atoms with Crippen molar-refractivity contribution in [2.45, 2.75) is 83.9 Å². The molecule has 6 heteroatoms. The van der Waals surface area contributed by atoms with Crippen LogP contribution in [0, 0.1) is 17.2 Å². The lowest BCUT2D eigenvalue weighted by Crippen LogP contribution is -2.57. The van der Waals surface area contributed by atoms with Crippen molar-refractivity contribution in [3.05, 3.63) is 0 Å². The number of nitrogens with one attached hydrogen (secondary N) is 2. The van der Waals surface area contributed by atoms with Gasteiger partial charge in [0.1, 0.15) is 16.7 Å². The number of amides is 1. The van der Waals surface area contributed by atoms with Gasteiger partial charge in [0.15, 0.2) is 0 Å². The summed E-state index contributed by atoms with van der Waals surface area (Å²) in [6.45, 7) is 11.0. The Balaban J connectivity index is 2.72. The standard InChI is InChI=1S/C18H31N3O3/c1-13(2)17(6,12-19)21-14(22)11-20-18(9-7-8-10-18)15(23)24-16(3,4)5/h13,20H,7-11H2,1-6H3,(H,21,22)/t17-/m1/s1. The predicted octanol–water partition coefficient (Wildman–Crippen LogP) is 2.28. The fourth-order valence-corrected chi connectivity index (χ4v) is 2.69. The molecular formula is C18H31N3O3. The minimum Gasteiger partial charge on any atom is -0.459 e. The van der Waals surface area contributed by atoms with Gasteiger partial charge in [-0.1, -0.05) is 26.7 Å². The summed E-state index contributed by atoms with van der Waals surface area (Å²) in [6.07, 6.45) is 3.18. The summed E-state index contributed by atoms with van der Waals surface area (Å²) in [4.78, 5) is 24.8. The van der Waals surface area contributed by atoms with E-state index < -0.39 is 16.7 Å². The Kier molecular flexibility index (Phi) is 6.40. The monoisotopic (exact) mass is 337 g/mol. The lowest BCUT2D eigenvalue weighted by Gasteiger charge is -2.33. The highest BCUT2D eigenvalue weighted by Gasteiger charge is 2.44. The molecule has 1 atom stereocenters. The van der Waals surface area contributed by atoms with E-state index in [2.05, 4.69) is 16.7 Å². The van der Waals surface area contributed by atoms with Gasteiger partial charge >= 0.3 is 5.97 Å². The molecule has 0 aromatic carbocycles. The second-order valence-electron chi connectivity index (χ2n) is 8.16. The van der Waals surface area contributed by atoms with Crippen LogP contribution in [0.15, 0.2) is 0 Å². The molecule has 0 heterocycles. The topological polar surface area (TPSA) is 91.2 Å². The van der Waals surface area contributed by atoms with Crippen molar-refractivity contribution in [3.8, 4) is 6.07 Å². The number of nitriles is 1. The SMILES string of the molecule is CC(C)[C@@](C)(C#N)NC(=O)CNC1(C(=O)OC(C)(C)C)CCCC1. The number of hydrogen-bond acceptors (Lipinski definition) is 5. The summed E-state index contributed by atoms with van der Waals surface area (Å²) in [6, 6.07) is 2.15. The number of ether oxygens (including phenoxy) is 1. The van der Waals surface area contributed by atoms with E-state index in [0.717, 1.165) is 12.8 Å². The van der Waals surface area contributed by atoms with E-state index in [1.54, 1.807) is 6.92 Å². The maximum atomic E-state index is 12.6. The van der Waals surface area contributed by atoms with Crippen LogP contribution in [-0.4, -0.2) is 35.1 Å². The van der Waals surface area contributed by atoms with Crippen LogP contribution >= 0.6 is 0 Å². The number of carbonyl (C=O) groups is 2. The van der Waals surface area contributed by atoms with Crippen LogP contribution in [0.25, 0.3) is 0 Å². The molecule has 0 aromatic rings. The Morgan fingerprint density at radius 2 is 1.75 bits per heavy atom. The molecule has 0 bridgehead atoms. The molecule has 0 aromatic heterocycles. The van der Waals surface area contributed by atoms with E-state index in [4.69, 9.17) is 4.74 Å². The highest BCUT2D eigenvalue weighted by atomic mass is 16.6. The van der Waals surface area contributed by atoms with Crippen molar-refractivity contribution in [2.75, 3.05) is 6.54 Å². The molecule has 1 saturated carbocycles. The van der Waals surface area contributed by atoms with Gasteiger partial charge in [-0.05, 0) is 46.5 Å². The molecule has 136 valence electrons. The maximum Gasteiger partial charge on any atom is 0.326 e. The van der Waals surface area contributed by atoms with Gasteiger partial charge in [-0.15, -0.1) is 0 Å². The zero-order valence-electron chi connectivity index (χ0n) is 15.8. The van der Waals surface area contributed by atoms with Crippen LogP contribution in [0.1, 0.15) is 67.2 Å². The van der Waals surface area contributed by atoms with Crippen molar-refractivity contribution >= 4 is 11.9 Å². The fraction of sp³-hybridized carbons (Fsp3) is 0.833. The second-order valence-corrected chi connectivity index (χ2v) is 8.16. The molecule has 6 nitrogen and oxygen atoms in total.